The number of nitrogens with zero attached hydrogens (tertiary/aromatic N) is 3. The second kappa shape index (κ2) is 6.16. The zero-order valence-electron chi connectivity index (χ0n) is 10.9. The second-order valence-electron chi connectivity index (χ2n) is 4.18. The summed E-state index contributed by atoms with van der Waals surface area (Å²) in [6.45, 7) is 1.95. The van der Waals surface area contributed by atoms with Crippen molar-refractivity contribution < 1.29 is 9.50 Å². The highest BCUT2D eigenvalue weighted by atomic mass is 32.2. The standard InChI is InChI=1S/C13H16FN3OS/c1-3-11(9-4-6-10(14)7-5-9)19-13-16-15-12(8-18)17(13)2/h4-7,11,18H,3,8H2,1-2H3. The van der Waals surface area contributed by atoms with Crippen LogP contribution < -0.4 is 0 Å². The Labute approximate surface area is 115 Å². The van der Waals surface area contributed by atoms with Crippen LogP contribution >= 0.6 is 11.8 Å². The van der Waals surface area contributed by atoms with Crippen LogP contribution in [0.3, 0.4) is 0 Å². The van der Waals surface area contributed by atoms with E-state index in [1.54, 1.807) is 28.5 Å². The second-order valence-corrected chi connectivity index (χ2v) is 5.35. The molecule has 0 saturated carbocycles. The summed E-state index contributed by atoms with van der Waals surface area (Å²) in [4.78, 5) is 0. The smallest absolute Gasteiger partial charge is 0.191 e. The fourth-order valence-corrected chi connectivity index (χ4v) is 2.84. The maximum absolute atomic E-state index is 12.9. The van der Waals surface area contributed by atoms with E-state index in [4.69, 9.17) is 5.11 Å². The highest BCUT2D eigenvalue weighted by molar-refractivity contribution is 7.99. The van der Waals surface area contributed by atoms with Crippen LogP contribution in [0.2, 0.25) is 0 Å². The van der Waals surface area contributed by atoms with Crippen LogP contribution in [-0.2, 0) is 13.7 Å². The van der Waals surface area contributed by atoms with Gasteiger partial charge in [0.15, 0.2) is 11.0 Å². The first kappa shape index (κ1) is 14.0. The SMILES string of the molecule is CCC(Sc1nnc(CO)n1C)c1ccc(F)cc1. The van der Waals surface area contributed by atoms with E-state index in [1.807, 2.05) is 7.05 Å². The molecular weight excluding hydrogens is 265 g/mol. The van der Waals surface area contributed by atoms with Gasteiger partial charge < -0.3 is 9.67 Å². The minimum Gasteiger partial charge on any atom is -0.388 e. The molecule has 0 aliphatic heterocycles. The monoisotopic (exact) mass is 281 g/mol. The van der Waals surface area contributed by atoms with Crippen LogP contribution in [0, 0.1) is 5.82 Å². The molecule has 1 aromatic heterocycles. The van der Waals surface area contributed by atoms with Gasteiger partial charge >= 0.3 is 0 Å². The van der Waals surface area contributed by atoms with E-state index in [9.17, 15) is 4.39 Å². The van der Waals surface area contributed by atoms with Crippen molar-refractivity contribution in [1.82, 2.24) is 14.8 Å². The van der Waals surface area contributed by atoms with Gasteiger partial charge in [0.1, 0.15) is 12.4 Å². The largest absolute Gasteiger partial charge is 0.388 e. The molecule has 2 rings (SSSR count). The van der Waals surface area contributed by atoms with Gasteiger partial charge in [-0.2, -0.15) is 0 Å². The van der Waals surface area contributed by atoms with Crippen molar-refractivity contribution in [1.29, 1.82) is 0 Å². The number of thioether (sulfide) groups is 1. The Morgan fingerprint density at radius 3 is 2.53 bits per heavy atom. The molecule has 0 radical (unpaired) electrons. The minimum absolute atomic E-state index is 0.128. The lowest BCUT2D eigenvalue weighted by Gasteiger charge is -2.14. The van der Waals surface area contributed by atoms with Gasteiger partial charge in [0.25, 0.3) is 0 Å². The number of aromatic nitrogens is 3. The summed E-state index contributed by atoms with van der Waals surface area (Å²) in [5.41, 5.74) is 1.06. The topological polar surface area (TPSA) is 50.9 Å². The third-order valence-electron chi connectivity index (χ3n) is 2.93. The Morgan fingerprint density at radius 1 is 1.32 bits per heavy atom. The minimum atomic E-state index is -0.232. The first-order valence-electron chi connectivity index (χ1n) is 6.07. The fraction of sp³-hybridized carbons (Fsp3) is 0.385. The van der Waals surface area contributed by atoms with Crippen molar-refractivity contribution in [3.63, 3.8) is 0 Å². The van der Waals surface area contributed by atoms with Crippen LogP contribution in [0.15, 0.2) is 29.4 Å². The maximum Gasteiger partial charge on any atom is 0.191 e. The van der Waals surface area contributed by atoms with Crippen LogP contribution in [0.4, 0.5) is 4.39 Å². The lowest BCUT2D eigenvalue weighted by molar-refractivity contribution is 0.266. The number of halogens is 1. The van der Waals surface area contributed by atoms with Crippen LogP contribution in [0.25, 0.3) is 0 Å². The van der Waals surface area contributed by atoms with Gasteiger partial charge in [0.05, 0.1) is 0 Å². The van der Waals surface area contributed by atoms with Crippen LogP contribution in [-0.4, -0.2) is 19.9 Å². The van der Waals surface area contributed by atoms with E-state index in [-0.39, 0.29) is 17.7 Å². The molecule has 0 aliphatic rings. The van der Waals surface area contributed by atoms with Crippen molar-refractivity contribution in [3.8, 4) is 0 Å². The summed E-state index contributed by atoms with van der Waals surface area (Å²) in [5.74, 6) is 0.307. The average molecular weight is 281 g/mol. The number of aliphatic hydroxyl groups excluding tert-OH is 1. The van der Waals surface area contributed by atoms with Gasteiger partial charge in [-0.1, -0.05) is 30.8 Å². The summed E-state index contributed by atoms with van der Waals surface area (Å²) >= 11 is 1.57. The third kappa shape index (κ3) is 3.13. The molecule has 102 valence electrons. The van der Waals surface area contributed by atoms with E-state index in [2.05, 4.69) is 17.1 Å². The first-order valence-corrected chi connectivity index (χ1v) is 6.95. The Hall–Kier alpha value is -1.40. The summed E-state index contributed by atoms with van der Waals surface area (Å²) in [6, 6.07) is 6.52. The molecule has 6 heteroatoms. The Morgan fingerprint density at radius 2 is 2.00 bits per heavy atom. The third-order valence-corrected chi connectivity index (χ3v) is 4.38. The molecule has 1 heterocycles. The molecule has 19 heavy (non-hydrogen) atoms. The van der Waals surface area contributed by atoms with Crippen molar-refractivity contribution in [2.24, 2.45) is 7.05 Å². The average Bonchev–Trinajstić information content (AvgIpc) is 2.78. The molecule has 1 unspecified atom stereocenters. The Kier molecular flexibility index (Phi) is 4.55. The van der Waals surface area contributed by atoms with E-state index in [0.29, 0.717) is 5.82 Å². The highest BCUT2D eigenvalue weighted by Gasteiger charge is 2.16. The van der Waals surface area contributed by atoms with Gasteiger partial charge in [0.2, 0.25) is 0 Å². The molecule has 0 fully saturated rings. The van der Waals surface area contributed by atoms with Crippen LogP contribution in [0.1, 0.15) is 30.0 Å². The molecule has 0 aliphatic carbocycles. The first-order chi connectivity index (χ1) is 9.15. The molecule has 1 atom stereocenters. The molecule has 0 bridgehead atoms. The van der Waals surface area contributed by atoms with Crippen LogP contribution in [0.5, 0.6) is 0 Å². The van der Waals surface area contributed by atoms with E-state index in [0.717, 1.165) is 17.1 Å². The summed E-state index contributed by atoms with van der Waals surface area (Å²) in [6.07, 6.45) is 0.900. The number of benzene rings is 1. The number of hydrogen-bond donors (Lipinski definition) is 1. The predicted octanol–water partition coefficient (Wildman–Crippen LogP) is 2.69. The number of hydrogen-bond acceptors (Lipinski definition) is 4. The van der Waals surface area contributed by atoms with Crippen molar-refractivity contribution in [2.75, 3.05) is 0 Å². The summed E-state index contributed by atoms with van der Waals surface area (Å²) < 4.78 is 14.7. The Balaban J connectivity index is 2.19. The number of aliphatic hydroxyl groups is 1. The zero-order valence-corrected chi connectivity index (χ0v) is 11.7. The molecule has 0 amide bonds. The predicted molar refractivity (Wildman–Crippen MR) is 72.2 cm³/mol. The lowest BCUT2D eigenvalue weighted by atomic mass is 10.1. The molecule has 1 N–H and O–H groups in total. The van der Waals surface area contributed by atoms with E-state index in [1.165, 1.54) is 12.1 Å². The zero-order chi connectivity index (χ0) is 13.8. The van der Waals surface area contributed by atoms with Gasteiger partial charge in [0, 0.05) is 12.3 Å². The van der Waals surface area contributed by atoms with Crippen molar-refractivity contribution in [3.05, 3.63) is 41.5 Å². The molecule has 0 saturated heterocycles. The van der Waals surface area contributed by atoms with Gasteiger partial charge in [-0.3, -0.25) is 0 Å². The highest BCUT2D eigenvalue weighted by Crippen LogP contribution is 2.36. The molecular formula is C13H16FN3OS. The van der Waals surface area contributed by atoms with Crippen molar-refractivity contribution in [2.45, 2.75) is 30.4 Å². The lowest BCUT2D eigenvalue weighted by Crippen LogP contribution is -2.00. The summed E-state index contributed by atoms with van der Waals surface area (Å²) in [5, 5.41) is 18.0. The van der Waals surface area contributed by atoms with Gasteiger partial charge in [-0.05, 0) is 24.1 Å². The van der Waals surface area contributed by atoms with Gasteiger partial charge in [-0.25, -0.2) is 4.39 Å². The summed E-state index contributed by atoms with van der Waals surface area (Å²) in [7, 11) is 1.82. The molecule has 0 spiro atoms. The molecule has 1 aromatic carbocycles. The van der Waals surface area contributed by atoms with Crippen molar-refractivity contribution >= 4 is 11.8 Å². The number of rotatable bonds is 5. The van der Waals surface area contributed by atoms with E-state index < -0.39 is 0 Å². The Bertz CT molecular complexity index is 541. The quantitative estimate of drug-likeness (QED) is 0.856. The van der Waals surface area contributed by atoms with E-state index >= 15 is 0 Å². The fourth-order valence-electron chi connectivity index (χ4n) is 1.78. The van der Waals surface area contributed by atoms with Gasteiger partial charge in [-0.15, -0.1) is 10.2 Å². The maximum atomic E-state index is 12.9. The molecule has 2 aromatic rings. The molecule has 4 nitrogen and oxygen atoms in total. The normalized spacial score (nSPS) is 12.6.